The van der Waals surface area contributed by atoms with Crippen molar-refractivity contribution in [1.82, 2.24) is 5.32 Å². The highest BCUT2D eigenvalue weighted by Crippen LogP contribution is 2.35. The summed E-state index contributed by atoms with van der Waals surface area (Å²) in [4.78, 5) is 12.5. The zero-order chi connectivity index (χ0) is 20.4. The maximum absolute atomic E-state index is 12.7. The summed E-state index contributed by atoms with van der Waals surface area (Å²) in [6.07, 6.45) is 0. The molecule has 0 spiro atoms. The lowest BCUT2D eigenvalue weighted by Gasteiger charge is -2.28. The molecule has 0 aliphatic carbocycles. The Hall–Kier alpha value is -1.80. The molecule has 3 N–H and O–H groups in total. The van der Waals surface area contributed by atoms with Gasteiger partial charge in [-0.25, -0.2) is 13.6 Å². The number of nitrogens with one attached hydrogen (secondary N) is 1. The van der Waals surface area contributed by atoms with Crippen molar-refractivity contribution in [2.24, 2.45) is 5.14 Å². The number of rotatable bonds is 6. The van der Waals surface area contributed by atoms with Crippen LogP contribution in [0.5, 0.6) is 5.75 Å². The van der Waals surface area contributed by atoms with E-state index in [4.69, 9.17) is 33.1 Å². The SMILES string of the molecule is COc1ccc(S(N)(=O)=O)cc1C(=O)NCC(C)(C)c1c(Cl)cccc1Cl. The first-order valence-electron chi connectivity index (χ1n) is 7.91. The number of carbonyl (C=O) groups excluding carboxylic acids is 1. The number of benzene rings is 2. The standard InChI is InChI=1S/C18H20Cl2N2O4S/c1-18(2,16-13(19)5-4-6-14(16)20)10-22-17(23)12-9-11(27(21,24)25)7-8-15(12)26-3/h4-9H,10H2,1-3H3,(H,22,23)(H2,21,24,25). The fourth-order valence-electron chi connectivity index (χ4n) is 2.67. The van der Waals surface area contributed by atoms with E-state index in [9.17, 15) is 13.2 Å². The van der Waals surface area contributed by atoms with Crippen molar-refractivity contribution < 1.29 is 17.9 Å². The van der Waals surface area contributed by atoms with Crippen LogP contribution in [0.1, 0.15) is 29.8 Å². The normalized spacial score (nSPS) is 11.9. The van der Waals surface area contributed by atoms with E-state index in [2.05, 4.69) is 5.32 Å². The summed E-state index contributed by atoms with van der Waals surface area (Å²) in [6.45, 7) is 3.98. The van der Waals surface area contributed by atoms with Gasteiger partial charge in [0.1, 0.15) is 5.75 Å². The van der Waals surface area contributed by atoms with Gasteiger partial charge in [-0.2, -0.15) is 0 Å². The summed E-state index contributed by atoms with van der Waals surface area (Å²) < 4.78 is 28.3. The zero-order valence-corrected chi connectivity index (χ0v) is 17.4. The molecule has 0 radical (unpaired) electrons. The van der Waals surface area contributed by atoms with Gasteiger partial charge >= 0.3 is 0 Å². The van der Waals surface area contributed by atoms with E-state index in [1.165, 1.54) is 25.3 Å². The van der Waals surface area contributed by atoms with Crippen molar-refractivity contribution in [2.75, 3.05) is 13.7 Å². The number of hydrogen-bond acceptors (Lipinski definition) is 4. The van der Waals surface area contributed by atoms with E-state index in [1.807, 2.05) is 13.8 Å². The Morgan fingerprint density at radius 1 is 1.19 bits per heavy atom. The fourth-order valence-corrected chi connectivity index (χ4v) is 4.12. The number of hydrogen-bond donors (Lipinski definition) is 2. The second kappa shape index (κ2) is 8.06. The van der Waals surface area contributed by atoms with Gasteiger partial charge in [0.15, 0.2) is 0 Å². The lowest BCUT2D eigenvalue weighted by atomic mass is 9.84. The lowest BCUT2D eigenvalue weighted by Crippen LogP contribution is -2.37. The van der Waals surface area contributed by atoms with Crippen molar-refractivity contribution in [1.29, 1.82) is 0 Å². The molecule has 0 aromatic heterocycles. The highest BCUT2D eigenvalue weighted by atomic mass is 35.5. The Balaban J connectivity index is 2.30. The van der Waals surface area contributed by atoms with Crippen LogP contribution < -0.4 is 15.2 Å². The molecule has 0 heterocycles. The molecule has 0 saturated heterocycles. The van der Waals surface area contributed by atoms with Gasteiger partial charge in [-0.15, -0.1) is 0 Å². The summed E-state index contributed by atoms with van der Waals surface area (Å²) in [5, 5.41) is 8.91. The minimum absolute atomic E-state index is 0.0603. The van der Waals surface area contributed by atoms with Crippen molar-refractivity contribution in [3.8, 4) is 5.75 Å². The predicted octanol–water partition coefficient (Wildman–Crippen LogP) is 3.36. The first-order valence-corrected chi connectivity index (χ1v) is 10.2. The average molecular weight is 431 g/mol. The van der Waals surface area contributed by atoms with E-state index in [0.717, 1.165) is 0 Å². The van der Waals surface area contributed by atoms with Crippen LogP contribution in [0.3, 0.4) is 0 Å². The molecule has 0 aliphatic heterocycles. The summed E-state index contributed by atoms with van der Waals surface area (Å²) in [5.41, 5.74) is 0.194. The smallest absolute Gasteiger partial charge is 0.255 e. The minimum Gasteiger partial charge on any atom is -0.496 e. The van der Waals surface area contributed by atoms with Gasteiger partial charge in [0, 0.05) is 22.0 Å². The number of halogens is 2. The Bertz CT molecular complexity index is 955. The second-order valence-corrected chi connectivity index (χ2v) is 8.95. The molecule has 0 fully saturated rings. The molecule has 27 heavy (non-hydrogen) atoms. The van der Waals surface area contributed by atoms with Crippen LogP contribution >= 0.6 is 23.2 Å². The molecule has 2 aromatic carbocycles. The number of amides is 1. The highest BCUT2D eigenvalue weighted by molar-refractivity contribution is 7.89. The Labute approximate surface area is 168 Å². The number of methoxy groups -OCH3 is 1. The van der Waals surface area contributed by atoms with Gasteiger partial charge in [0.25, 0.3) is 5.91 Å². The molecule has 0 saturated carbocycles. The van der Waals surface area contributed by atoms with E-state index < -0.39 is 21.3 Å². The van der Waals surface area contributed by atoms with Crippen LogP contribution in [-0.4, -0.2) is 28.0 Å². The van der Waals surface area contributed by atoms with E-state index >= 15 is 0 Å². The first kappa shape index (κ1) is 21.5. The lowest BCUT2D eigenvalue weighted by molar-refractivity contribution is 0.0942. The molecule has 2 aromatic rings. The Morgan fingerprint density at radius 3 is 2.30 bits per heavy atom. The predicted molar refractivity (Wildman–Crippen MR) is 106 cm³/mol. The molecule has 0 unspecified atom stereocenters. The van der Waals surface area contributed by atoms with E-state index in [0.29, 0.717) is 15.6 Å². The van der Waals surface area contributed by atoms with Crippen LogP contribution in [0.4, 0.5) is 0 Å². The molecule has 0 bridgehead atoms. The van der Waals surface area contributed by atoms with Gasteiger partial charge in [-0.3, -0.25) is 4.79 Å². The number of nitrogens with two attached hydrogens (primary N) is 1. The second-order valence-electron chi connectivity index (χ2n) is 6.57. The summed E-state index contributed by atoms with van der Waals surface area (Å²) in [6, 6.07) is 9.03. The van der Waals surface area contributed by atoms with E-state index in [-0.39, 0.29) is 22.8 Å². The largest absolute Gasteiger partial charge is 0.496 e. The van der Waals surface area contributed by atoms with Crippen LogP contribution in [0, 0.1) is 0 Å². The molecule has 146 valence electrons. The van der Waals surface area contributed by atoms with E-state index in [1.54, 1.807) is 18.2 Å². The quantitative estimate of drug-likeness (QED) is 0.733. The topological polar surface area (TPSA) is 98.5 Å². The first-order chi connectivity index (χ1) is 12.5. The van der Waals surface area contributed by atoms with Crippen molar-refractivity contribution in [3.05, 3.63) is 57.6 Å². The zero-order valence-electron chi connectivity index (χ0n) is 15.0. The van der Waals surface area contributed by atoms with Gasteiger partial charge in [0.05, 0.1) is 17.6 Å². The van der Waals surface area contributed by atoms with Gasteiger partial charge in [0.2, 0.25) is 10.0 Å². The van der Waals surface area contributed by atoms with Crippen molar-refractivity contribution in [2.45, 2.75) is 24.2 Å². The van der Waals surface area contributed by atoms with Crippen LogP contribution in [0.15, 0.2) is 41.3 Å². The summed E-state index contributed by atoms with van der Waals surface area (Å²) >= 11 is 12.5. The number of primary sulfonamides is 1. The highest BCUT2D eigenvalue weighted by Gasteiger charge is 2.27. The van der Waals surface area contributed by atoms with Crippen molar-refractivity contribution >= 4 is 39.1 Å². The van der Waals surface area contributed by atoms with Crippen LogP contribution in [0.2, 0.25) is 10.0 Å². The van der Waals surface area contributed by atoms with Crippen LogP contribution in [0.25, 0.3) is 0 Å². The van der Waals surface area contributed by atoms with Gasteiger partial charge in [-0.05, 0) is 35.9 Å². The molecule has 6 nitrogen and oxygen atoms in total. The van der Waals surface area contributed by atoms with Gasteiger partial charge in [-0.1, -0.05) is 43.1 Å². The number of carbonyl (C=O) groups is 1. The maximum Gasteiger partial charge on any atom is 0.255 e. The van der Waals surface area contributed by atoms with Gasteiger partial charge < -0.3 is 10.1 Å². The molecule has 1 amide bonds. The number of ether oxygens (including phenoxy) is 1. The Kier molecular flexibility index (Phi) is 6.42. The molecule has 0 aliphatic rings. The summed E-state index contributed by atoms with van der Waals surface area (Å²) in [7, 11) is -2.57. The summed E-state index contributed by atoms with van der Waals surface area (Å²) in [5.74, 6) is -0.276. The monoisotopic (exact) mass is 430 g/mol. The average Bonchev–Trinajstić information content (AvgIpc) is 2.58. The fraction of sp³-hybridized carbons (Fsp3) is 0.278. The third-order valence-corrected chi connectivity index (χ3v) is 5.62. The molecular weight excluding hydrogens is 411 g/mol. The molecule has 9 heteroatoms. The third-order valence-electron chi connectivity index (χ3n) is 4.07. The minimum atomic E-state index is -3.95. The third kappa shape index (κ3) is 4.93. The maximum atomic E-state index is 12.7. The van der Waals surface area contributed by atoms with Crippen LogP contribution in [-0.2, 0) is 15.4 Å². The Morgan fingerprint density at radius 2 is 1.78 bits per heavy atom. The molecule has 2 rings (SSSR count). The molecular formula is C18H20Cl2N2O4S. The number of sulfonamides is 1. The van der Waals surface area contributed by atoms with Crippen molar-refractivity contribution in [3.63, 3.8) is 0 Å². The molecule has 0 atom stereocenters.